The second-order valence-electron chi connectivity index (χ2n) is 6.84. The maximum Gasteiger partial charge on any atom is 0.305 e. The van der Waals surface area contributed by atoms with Gasteiger partial charge in [0.2, 0.25) is 11.8 Å². The number of amides is 2. The molecule has 2 heterocycles. The summed E-state index contributed by atoms with van der Waals surface area (Å²) >= 11 is 1.41. The van der Waals surface area contributed by atoms with Crippen LogP contribution in [0.15, 0.2) is 41.8 Å². The molecule has 1 aromatic carbocycles. The lowest BCUT2D eigenvalue weighted by Gasteiger charge is -2.19. The first-order chi connectivity index (χ1) is 12.9. The van der Waals surface area contributed by atoms with Crippen molar-refractivity contribution in [2.24, 2.45) is 5.92 Å². The second-order valence-corrected chi connectivity index (χ2v) is 7.81. The summed E-state index contributed by atoms with van der Waals surface area (Å²) in [5, 5.41) is 13.8. The molecule has 2 aromatic rings. The van der Waals surface area contributed by atoms with Gasteiger partial charge in [0.1, 0.15) is 0 Å². The molecule has 2 amide bonds. The Morgan fingerprint density at radius 2 is 2.04 bits per heavy atom. The number of carboxylic acids is 1. The predicted octanol–water partition coefficient (Wildman–Crippen LogP) is 2.74. The van der Waals surface area contributed by atoms with Gasteiger partial charge < -0.3 is 15.3 Å². The van der Waals surface area contributed by atoms with E-state index in [4.69, 9.17) is 5.11 Å². The second kappa shape index (κ2) is 8.35. The third-order valence-electron chi connectivity index (χ3n) is 4.66. The van der Waals surface area contributed by atoms with E-state index in [1.807, 2.05) is 48.7 Å². The summed E-state index contributed by atoms with van der Waals surface area (Å²) in [5.74, 6) is -1.76. The van der Waals surface area contributed by atoms with E-state index in [-0.39, 0.29) is 24.7 Å². The Morgan fingerprint density at radius 3 is 2.67 bits per heavy atom. The van der Waals surface area contributed by atoms with Crippen LogP contribution in [0, 0.1) is 12.8 Å². The van der Waals surface area contributed by atoms with Gasteiger partial charge in [-0.3, -0.25) is 14.4 Å². The first-order valence-electron chi connectivity index (χ1n) is 8.81. The molecule has 27 heavy (non-hydrogen) atoms. The number of benzene rings is 1. The largest absolute Gasteiger partial charge is 0.481 e. The predicted molar refractivity (Wildman–Crippen MR) is 102 cm³/mol. The molecule has 0 radical (unpaired) electrons. The van der Waals surface area contributed by atoms with Crippen molar-refractivity contribution in [3.8, 4) is 0 Å². The highest BCUT2D eigenvalue weighted by Crippen LogP contribution is 2.25. The molecule has 1 fully saturated rings. The van der Waals surface area contributed by atoms with Gasteiger partial charge >= 0.3 is 5.97 Å². The molecule has 1 aliphatic heterocycles. The van der Waals surface area contributed by atoms with E-state index in [1.165, 1.54) is 11.3 Å². The van der Waals surface area contributed by atoms with Gasteiger partial charge in [-0.25, -0.2) is 0 Å². The van der Waals surface area contributed by atoms with Crippen molar-refractivity contribution in [2.75, 3.05) is 6.54 Å². The molecule has 142 valence electrons. The van der Waals surface area contributed by atoms with Crippen LogP contribution in [0.1, 0.15) is 34.9 Å². The number of carboxylic acid groups (broad SMARTS) is 1. The number of aliphatic carboxylic acids is 1. The van der Waals surface area contributed by atoms with Gasteiger partial charge in [0.15, 0.2) is 0 Å². The van der Waals surface area contributed by atoms with Crippen LogP contribution >= 0.6 is 11.3 Å². The van der Waals surface area contributed by atoms with Crippen molar-refractivity contribution in [3.63, 3.8) is 0 Å². The number of nitrogens with zero attached hydrogens (tertiary/aromatic N) is 1. The van der Waals surface area contributed by atoms with Crippen molar-refractivity contribution in [3.05, 3.63) is 57.8 Å². The number of hydrogen-bond donors (Lipinski definition) is 2. The minimum atomic E-state index is -0.975. The third kappa shape index (κ3) is 4.95. The van der Waals surface area contributed by atoms with Crippen molar-refractivity contribution >= 4 is 29.1 Å². The molecule has 2 N–H and O–H groups in total. The topological polar surface area (TPSA) is 86.7 Å². The quantitative estimate of drug-likeness (QED) is 0.766. The molecule has 1 aromatic heterocycles. The average molecular weight is 386 g/mol. The smallest absolute Gasteiger partial charge is 0.305 e. The third-order valence-corrected chi connectivity index (χ3v) is 5.65. The van der Waals surface area contributed by atoms with Gasteiger partial charge in [0.05, 0.1) is 18.4 Å². The molecular weight excluding hydrogens is 364 g/mol. The molecule has 1 aliphatic rings. The Kier molecular flexibility index (Phi) is 5.91. The Morgan fingerprint density at radius 1 is 1.30 bits per heavy atom. The zero-order chi connectivity index (χ0) is 19.4. The van der Waals surface area contributed by atoms with E-state index in [0.717, 1.165) is 16.0 Å². The lowest BCUT2D eigenvalue weighted by Crippen LogP contribution is -2.36. The van der Waals surface area contributed by atoms with E-state index >= 15 is 0 Å². The highest BCUT2D eigenvalue weighted by molar-refractivity contribution is 7.10. The van der Waals surface area contributed by atoms with Crippen LogP contribution in [0.4, 0.5) is 0 Å². The van der Waals surface area contributed by atoms with Crippen LogP contribution in [0.25, 0.3) is 0 Å². The molecule has 0 unspecified atom stereocenters. The first kappa shape index (κ1) is 19.1. The van der Waals surface area contributed by atoms with Crippen LogP contribution in [0.2, 0.25) is 0 Å². The SMILES string of the molecule is Cc1ccc(CN2C[C@@H](C(=O)N[C@H](CC(=O)O)c3cccs3)CC2=O)cc1. The number of carbonyl (C=O) groups is 3. The van der Waals surface area contributed by atoms with Crippen molar-refractivity contribution in [2.45, 2.75) is 32.4 Å². The number of aryl methyl sites for hydroxylation is 1. The lowest BCUT2D eigenvalue weighted by molar-refractivity contribution is -0.138. The van der Waals surface area contributed by atoms with Crippen LogP contribution in [-0.4, -0.2) is 34.3 Å². The van der Waals surface area contributed by atoms with Gasteiger partial charge in [-0.05, 0) is 23.9 Å². The Balaban J connectivity index is 1.62. The number of hydrogen-bond acceptors (Lipinski definition) is 4. The summed E-state index contributed by atoms with van der Waals surface area (Å²) in [7, 11) is 0. The summed E-state index contributed by atoms with van der Waals surface area (Å²) < 4.78 is 0. The van der Waals surface area contributed by atoms with E-state index < -0.39 is 17.9 Å². The Labute approximate surface area is 161 Å². The summed E-state index contributed by atoms with van der Waals surface area (Å²) in [4.78, 5) is 38.6. The van der Waals surface area contributed by atoms with Gasteiger partial charge in [0.25, 0.3) is 0 Å². The fourth-order valence-corrected chi connectivity index (χ4v) is 3.97. The van der Waals surface area contributed by atoms with Crippen LogP contribution < -0.4 is 5.32 Å². The molecule has 3 rings (SSSR count). The monoisotopic (exact) mass is 386 g/mol. The zero-order valence-corrected chi connectivity index (χ0v) is 15.9. The zero-order valence-electron chi connectivity index (χ0n) is 15.1. The summed E-state index contributed by atoms with van der Waals surface area (Å²) in [6.07, 6.45) is -0.0259. The summed E-state index contributed by atoms with van der Waals surface area (Å²) in [5.41, 5.74) is 2.18. The number of thiophene rings is 1. The molecule has 0 saturated carbocycles. The molecule has 0 aliphatic carbocycles. The van der Waals surface area contributed by atoms with Crippen molar-refractivity contribution in [1.29, 1.82) is 0 Å². The van der Waals surface area contributed by atoms with Crippen LogP contribution in [-0.2, 0) is 20.9 Å². The molecule has 6 nitrogen and oxygen atoms in total. The van der Waals surface area contributed by atoms with Gasteiger partial charge in [-0.1, -0.05) is 35.9 Å². The molecule has 7 heteroatoms. The number of rotatable bonds is 7. The van der Waals surface area contributed by atoms with E-state index in [0.29, 0.717) is 13.1 Å². The molecule has 2 atom stereocenters. The van der Waals surface area contributed by atoms with Crippen LogP contribution in [0.3, 0.4) is 0 Å². The fourth-order valence-electron chi connectivity index (χ4n) is 3.19. The van der Waals surface area contributed by atoms with E-state index in [2.05, 4.69) is 5.32 Å². The van der Waals surface area contributed by atoms with E-state index in [1.54, 1.807) is 4.90 Å². The fraction of sp³-hybridized carbons (Fsp3) is 0.350. The van der Waals surface area contributed by atoms with Gasteiger partial charge in [0, 0.05) is 24.4 Å². The maximum absolute atomic E-state index is 12.6. The normalized spacial score (nSPS) is 17.7. The molecule has 1 saturated heterocycles. The van der Waals surface area contributed by atoms with Gasteiger partial charge in [-0.15, -0.1) is 11.3 Å². The highest BCUT2D eigenvalue weighted by atomic mass is 32.1. The Hall–Kier alpha value is -2.67. The molecule has 0 bridgehead atoms. The van der Waals surface area contributed by atoms with Crippen molar-refractivity contribution < 1.29 is 19.5 Å². The molecular formula is C20H22N2O4S. The summed E-state index contributed by atoms with van der Waals surface area (Å²) in [6, 6.07) is 11.0. The van der Waals surface area contributed by atoms with Crippen molar-refractivity contribution in [1.82, 2.24) is 10.2 Å². The number of likely N-dealkylation sites (tertiary alicyclic amines) is 1. The summed E-state index contributed by atoms with van der Waals surface area (Å²) in [6.45, 7) is 2.83. The van der Waals surface area contributed by atoms with Gasteiger partial charge in [-0.2, -0.15) is 0 Å². The standard InChI is InChI=1S/C20H22N2O4S/c1-13-4-6-14(7-5-13)11-22-12-15(9-18(22)23)20(26)21-16(10-19(24)25)17-3-2-8-27-17/h2-8,15-16H,9-12H2,1H3,(H,21,26)(H,24,25)/t15-,16+/m0/s1. The lowest BCUT2D eigenvalue weighted by atomic mass is 10.1. The minimum Gasteiger partial charge on any atom is -0.481 e. The molecule has 0 spiro atoms. The minimum absolute atomic E-state index is 0.0540. The number of carbonyl (C=O) groups excluding carboxylic acids is 2. The maximum atomic E-state index is 12.6. The Bertz CT molecular complexity index is 817. The average Bonchev–Trinajstić information content (AvgIpc) is 3.26. The highest BCUT2D eigenvalue weighted by Gasteiger charge is 2.35. The number of nitrogens with one attached hydrogen (secondary N) is 1. The first-order valence-corrected chi connectivity index (χ1v) is 9.69. The van der Waals surface area contributed by atoms with Crippen LogP contribution in [0.5, 0.6) is 0 Å². The van der Waals surface area contributed by atoms with E-state index in [9.17, 15) is 14.4 Å².